The molecule has 2 aromatic heterocycles. The number of thiazole rings is 1. The lowest BCUT2D eigenvalue weighted by atomic mass is 10.1. The maximum atomic E-state index is 12.8. The number of aromatic nitrogens is 1. The van der Waals surface area contributed by atoms with Gasteiger partial charge in [-0.05, 0) is 48.5 Å². The third-order valence-electron chi connectivity index (χ3n) is 5.26. The third kappa shape index (κ3) is 6.38. The number of rotatable bonds is 9. The summed E-state index contributed by atoms with van der Waals surface area (Å²) in [4.78, 5) is 32.7. The molecule has 0 radical (unpaired) electrons. The minimum atomic E-state index is -0.347. The van der Waals surface area contributed by atoms with Gasteiger partial charge < -0.3 is 14.8 Å². The number of hydrogen-bond donors (Lipinski definition) is 2. The first-order valence-electron chi connectivity index (χ1n) is 10.7. The Balaban J connectivity index is 1.31. The summed E-state index contributed by atoms with van der Waals surface area (Å²) >= 11 is 2.64. The molecule has 1 aromatic carbocycles. The molecular weight excluding hydrogens is 460 g/mol. The van der Waals surface area contributed by atoms with Crippen LogP contribution in [-0.4, -0.2) is 61.7 Å². The van der Waals surface area contributed by atoms with Crippen LogP contribution in [0.15, 0.2) is 41.1 Å². The summed E-state index contributed by atoms with van der Waals surface area (Å²) in [5, 5.41) is 9.58. The predicted molar refractivity (Wildman–Crippen MR) is 131 cm³/mol. The maximum absolute atomic E-state index is 12.8. The summed E-state index contributed by atoms with van der Waals surface area (Å²) in [7, 11) is 1.57. The number of hydrogen-bond acceptors (Lipinski definition) is 8. The molecule has 1 saturated heterocycles. The Morgan fingerprint density at radius 2 is 2.00 bits per heavy atom. The van der Waals surface area contributed by atoms with E-state index in [0.717, 1.165) is 51.3 Å². The lowest BCUT2D eigenvalue weighted by Crippen LogP contribution is -2.36. The number of benzene rings is 1. The first-order valence-corrected chi connectivity index (χ1v) is 12.5. The van der Waals surface area contributed by atoms with Crippen LogP contribution in [0.4, 0.5) is 10.8 Å². The molecule has 0 spiro atoms. The molecule has 2 N–H and O–H groups in total. The molecule has 10 heteroatoms. The zero-order valence-corrected chi connectivity index (χ0v) is 20.0. The fraction of sp³-hybridized carbons (Fsp3) is 0.348. The second kappa shape index (κ2) is 11.4. The second-order valence-corrected chi connectivity index (χ2v) is 9.28. The second-order valence-electron chi connectivity index (χ2n) is 7.51. The number of aryl methyl sites for hydroxylation is 1. The van der Waals surface area contributed by atoms with Gasteiger partial charge in [0.15, 0.2) is 5.13 Å². The van der Waals surface area contributed by atoms with E-state index < -0.39 is 0 Å². The van der Waals surface area contributed by atoms with Crippen LogP contribution < -0.4 is 15.4 Å². The van der Waals surface area contributed by atoms with E-state index in [1.165, 1.54) is 22.7 Å². The maximum Gasteiger partial charge on any atom is 0.275 e. The highest BCUT2D eigenvalue weighted by atomic mass is 32.1. The van der Waals surface area contributed by atoms with Gasteiger partial charge in [-0.15, -0.1) is 22.7 Å². The van der Waals surface area contributed by atoms with Crippen LogP contribution >= 0.6 is 22.7 Å². The molecule has 0 atom stereocenters. The van der Waals surface area contributed by atoms with Crippen LogP contribution in [0, 0.1) is 0 Å². The molecule has 1 aliphatic heterocycles. The normalized spacial score (nSPS) is 14.1. The summed E-state index contributed by atoms with van der Waals surface area (Å²) in [5.74, 6) is 0.108. The summed E-state index contributed by atoms with van der Waals surface area (Å²) in [6.45, 7) is 4.51. The Bertz CT molecular complexity index is 1090. The number of carbonyl (C=O) groups excluding carboxylic acids is 2. The van der Waals surface area contributed by atoms with Gasteiger partial charge in [-0.1, -0.05) is 6.07 Å². The lowest BCUT2D eigenvalue weighted by molar-refractivity contribution is 0.0374. The molecule has 8 nitrogen and oxygen atoms in total. The van der Waals surface area contributed by atoms with Crippen molar-refractivity contribution in [2.45, 2.75) is 12.8 Å². The van der Waals surface area contributed by atoms with Gasteiger partial charge in [0.25, 0.3) is 11.8 Å². The Labute approximate surface area is 200 Å². The minimum absolute atomic E-state index is 0.194. The number of morpholine rings is 1. The van der Waals surface area contributed by atoms with E-state index in [0.29, 0.717) is 21.4 Å². The van der Waals surface area contributed by atoms with E-state index in [1.807, 2.05) is 11.4 Å². The predicted octanol–water partition coefficient (Wildman–Crippen LogP) is 3.98. The van der Waals surface area contributed by atoms with Crippen molar-refractivity contribution in [3.05, 3.63) is 57.2 Å². The smallest absolute Gasteiger partial charge is 0.275 e. The molecule has 2 amide bonds. The molecule has 174 valence electrons. The molecule has 1 fully saturated rings. The van der Waals surface area contributed by atoms with Gasteiger partial charge in [0.2, 0.25) is 0 Å². The summed E-state index contributed by atoms with van der Waals surface area (Å²) in [6.07, 6.45) is 1.83. The number of methoxy groups -OCH3 is 1. The number of carbonyl (C=O) groups is 2. The fourth-order valence-electron chi connectivity index (χ4n) is 3.53. The molecule has 0 bridgehead atoms. The Morgan fingerprint density at radius 1 is 1.15 bits per heavy atom. The third-order valence-corrected chi connectivity index (χ3v) is 6.98. The van der Waals surface area contributed by atoms with Gasteiger partial charge in [-0.25, -0.2) is 4.98 Å². The van der Waals surface area contributed by atoms with Crippen molar-refractivity contribution < 1.29 is 19.1 Å². The van der Waals surface area contributed by atoms with Crippen molar-refractivity contribution in [1.29, 1.82) is 0 Å². The Kier molecular flexibility index (Phi) is 8.05. The van der Waals surface area contributed by atoms with Crippen molar-refractivity contribution in [2.24, 2.45) is 0 Å². The lowest BCUT2D eigenvalue weighted by Gasteiger charge is -2.26. The van der Waals surface area contributed by atoms with Gasteiger partial charge in [0.05, 0.1) is 25.2 Å². The number of amides is 2. The van der Waals surface area contributed by atoms with E-state index in [2.05, 4.69) is 20.5 Å². The number of nitrogens with zero attached hydrogens (tertiary/aromatic N) is 2. The average Bonchev–Trinajstić information content (AvgIpc) is 3.50. The molecule has 0 unspecified atom stereocenters. The highest BCUT2D eigenvalue weighted by Crippen LogP contribution is 2.23. The Morgan fingerprint density at radius 3 is 2.82 bits per heavy atom. The van der Waals surface area contributed by atoms with Gasteiger partial charge >= 0.3 is 0 Å². The quantitative estimate of drug-likeness (QED) is 0.475. The molecular formula is C23H26N4O4S2. The fourth-order valence-corrected chi connectivity index (χ4v) is 5.07. The summed E-state index contributed by atoms with van der Waals surface area (Å²) < 4.78 is 10.6. The van der Waals surface area contributed by atoms with Gasteiger partial charge in [0, 0.05) is 30.2 Å². The van der Waals surface area contributed by atoms with Crippen LogP contribution in [0.2, 0.25) is 0 Å². The van der Waals surface area contributed by atoms with Crippen molar-refractivity contribution in [2.75, 3.05) is 50.6 Å². The van der Waals surface area contributed by atoms with Crippen molar-refractivity contribution in [3.63, 3.8) is 0 Å². The number of nitrogens with one attached hydrogen (secondary N) is 2. The zero-order chi connectivity index (χ0) is 23.0. The van der Waals surface area contributed by atoms with Gasteiger partial charge in [-0.3, -0.25) is 19.8 Å². The van der Waals surface area contributed by atoms with Crippen molar-refractivity contribution in [3.8, 4) is 5.75 Å². The highest BCUT2D eigenvalue weighted by Gasteiger charge is 2.17. The van der Waals surface area contributed by atoms with Crippen LogP contribution in [0.5, 0.6) is 5.75 Å². The molecule has 1 aliphatic rings. The summed E-state index contributed by atoms with van der Waals surface area (Å²) in [5.41, 5.74) is 1.89. The van der Waals surface area contributed by atoms with Crippen molar-refractivity contribution >= 4 is 45.3 Å². The Hall–Kier alpha value is -2.79. The van der Waals surface area contributed by atoms with E-state index >= 15 is 0 Å². The van der Waals surface area contributed by atoms with Crippen LogP contribution in [-0.2, 0) is 11.2 Å². The van der Waals surface area contributed by atoms with Gasteiger partial charge in [-0.2, -0.15) is 0 Å². The number of ether oxygens (including phenoxy) is 2. The highest BCUT2D eigenvalue weighted by molar-refractivity contribution is 7.14. The van der Waals surface area contributed by atoms with E-state index in [9.17, 15) is 9.59 Å². The molecule has 0 saturated carbocycles. The molecule has 4 rings (SSSR count). The van der Waals surface area contributed by atoms with E-state index in [4.69, 9.17) is 9.47 Å². The first kappa shape index (κ1) is 23.4. The van der Waals surface area contributed by atoms with E-state index in [1.54, 1.807) is 36.8 Å². The number of thiophene rings is 1. The molecule has 33 heavy (non-hydrogen) atoms. The van der Waals surface area contributed by atoms with Gasteiger partial charge in [0.1, 0.15) is 11.4 Å². The van der Waals surface area contributed by atoms with Crippen LogP contribution in [0.3, 0.4) is 0 Å². The topological polar surface area (TPSA) is 92.8 Å². The molecule has 3 aromatic rings. The number of anilines is 2. The largest absolute Gasteiger partial charge is 0.497 e. The average molecular weight is 487 g/mol. The molecule has 0 aliphatic carbocycles. The minimum Gasteiger partial charge on any atom is -0.497 e. The monoisotopic (exact) mass is 486 g/mol. The zero-order valence-electron chi connectivity index (χ0n) is 18.3. The van der Waals surface area contributed by atoms with Crippen LogP contribution in [0.1, 0.15) is 32.1 Å². The van der Waals surface area contributed by atoms with E-state index in [-0.39, 0.29) is 17.5 Å². The standard InChI is InChI=1S/C23H26N4O4S2/c1-30-18-6-2-5-17(14-18)24-21(28)19-15-33-23(25-19)26-22(29)20-16(7-13-32-20)4-3-8-27-9-11-31-12-10-27/h2,5-7,13-15H,3-4,8-12H2,1H3,(H,24,28)(H,25,26,29). The first-order chi connectivity index (χ1) is 16.1. The van der Waals surface area contributed by atoms with Crippen LogP contribution in [0.25, 0.3) is 0 Å². The summed E-state index contributed by atoms with van der Waals surface area (Å²) in [6, 6.07) is 9.10. The van der Waals surface area contributed by atoms with Crippen molar-refractivity contribution in [1.82, 2.24) is 9.88 Å². The SMILES string of the molecule is COc1cccc(NC(=O)c2csc(NC(=O)c3sccc3CCCN3CCOCC3)n2)c1. The molecule has 3 heterocycles.